The zero-order chi connectivity index (χ0) is 23.1. The van der Waals surface area contributed by atoms with Crippen molar-refractivity contribution in [3.05, 3.63) is 53.9 Å². The van der Waals surface area contributed by atoms with Crippen molar-refractivity contribution in [1.82, 2.24) is 15.2 Å². The quantitative estimate of drug-likeness (QED) is 0.499. The van der Waals surface area contributed by atoms with E-state index in [1.165, 1.54) is 11.3 Å². The predicted molar refractivity (Wildman–Crippen MR) is 130 cm³/mol. The molecule has 0 radical (unpaired) electrons. The lowest BCUT2D eigenvalue weighted by atomic mass is 10.2. The zero-order valence-electron chi connectivity index (χ0n) is 19.2. The molecule has 32 heavy (non-hydrogen) atoms. The topological polar surface area (TPSA) is 66.9 Å². The summed E-state index contributed by atoms with van der Waals surface area (Å²) >= 11 is 1.51. The summed E-state index contributed by atoms with van der Waals surface area (Å²) in [5.41, 5.74) is 2.72. The molecule has 3 aromatic rings. The molecule has 0 fully saturated rings. The Morgan fingerprint density at radius 1 is 1.03 bits per heavy atom. The van der Waals surface area contributed by atoms with Gasteiger partial charge in [0.25, 0.3) is 0 Å². The van der Waals surface area contributed by atoms with Crippen LogP contribution in [0.1, 0.15) is 6.92 Å². The molecule has 0 spiro atoms. The summed E-state index contributed by atoms with van der Waals surface area (Å²) in [6.07, 6.45) is 0. The van der Waals surface area contributed by atoms with Crippen LogP contribution in [0.25, 0.3) is 11.3 Å². The van der Waals surface area contributed by atoms with Gasteiger partial charge in [0, 0.05) is 29.7 Å². The molecule has 170 valence electrons. The number of hydrogen-bond donors (Lipinski definition) is 1. The number of thiazole rings is 1. The summed E-state index contributed by atoms with van der Waals surface area (Å²) < 4.78 is 10.5. The SMILES string of the molecule is COc1ccc(-c2csc(N(c3ccc(OC)cc3)C(C)C(=O)NCCN(C)C)n2)cc1. The van der Waals surface area contributed by atoms with Gasteiger partial charge in [0.2, 0.25) is 5.91 Å². The summed E-state index contributed by atoms with van der Waals surface area (Å²) in [5, 5.41) is 5.77. The van der Waals surface area contributed by atoms with Crippen molar-refractivity contribution in [3.8, 4) is 22.8 Å². The third kappa shape index (κ3) is 5.77. The van der Waals surface area contributed by atoms with Crippen molar-refractivity contribution in [2.24, 2.45) is 0 Å². The van der Waals surface area contributed by atoms with Gasteiger partial charge < -0.3 is 24.6 Å². The molecular weight excluding hydrogens is 424 g/mol. The highest BCUT2D eigenvalue weighted by atomic mass is 32.1. The summed E-state index contributed by atoms with van der Waals surface area (Å²) in [6, 6.07) is 15.0. The molecule has 8 heteroatoms. The Hall–Kier alpha value is -3.10. The van der Waals surface area contributed by atoms with E-state index >= 15 is 0 Å². The van der Waals surface area contributed by atoms with Crippen molar-refractivity contribution in [1.29, 1.82) is 0 Å². The summed E-state index contributed by atoms with van der Waals surface area (Å²) in [4.78, 5) is 21.8. The van der Waals surface area contributed by atoms with E-state index in [1.807, 2.05) is 84.7 Å². The van der Waals surface area contributed by atoms with Crippen LogP contribution in [-0.4, -0.2) is 63.2 Å². The van der Waals surface area contributed by atoms with Crippen LogP contribution < -0.4 is 19.7 Å². The largest absolute Gasteiger partial charge is 0.497 e. The minimum Gasteiger partial charge on any atom is -0.497 e. The van der Waals surface area contributed by atoms with Crippen LogP contribution in [0.15, 0.2) is 53.9 Å². The van der Waals surface area contributed by atoms with E-state index < -0.39 is 6.04 Å². The molecule has 1 unspecified atom stereocenters. The number of carbonyl (C=O) groups is 1. The van der Waals surface area contributed by atoms with Gasteiger partial charge in [-0.1, -0.05) is 0 Å². The van der Waals surface area contributed by atoms with E-state index in [-0.39, 0.29) is 5.91 Å². The molecule has 1 N–H and O–H groups in total. The number of rotatable bonds is 10. The first kappa shape index (κ1) is 23.6. The van der Waals surface area contributed by atoms with Crippen LogP contribution in [0.3, 0.4) is 0 Å². The molecular formula is C24H30N4O3S. The number of nitrogens with one attached hydrogen (secondary N) is 1. The van der Waals surface area contributed by atoms with Crippen LogP contribution in [0.5, 0.6) is 11.5 Å². The molecule has 1 aromatic heterocycles. The number of nitrogens with zero attached hydrogens (tertiary/aromatic N) is 3. The standard InChI is InChI=1S/C24H30N4O3S/c1-17(23(29)25-14-15-27(2)3)28(19-8-12-21(31-5)13-9-19)24-26-22(16-32-24)18-6-10-20(30-4)11-7-18/h6-13,16-17H,14-15H2,1-5H3,(H,25,29). The normalized spacial score (nSPS) is 11.8. The van der Waals surface area contributed by atoms with E-state index in [4.69, 9.17) is 14.5 Å². The first-order valence-electron chi connectivity index (χ1n) is 10.4. The summed E-state index contributed by atoms with van der Waals surface area (Å²) in [5.74, 6) is 1.51. The number of amides is 1. The maximum Gasteiger partial charge on any atom is 0.242 e. The Morgan fingerprint density at radius 2 is 1.62 bits per heavy atom. The van der Waals surface area contributed by atoms with Crippen LogP contribution in [0, 0.1) is 0 Å². The Bertz CT molecular complexity index is 1000. The number of methoxy groups -OCH3 is 2. The smallest absolute Gasteiger partial charge is 0.242 e. The van der Waals surface area contributed by atoms with Crippen molar-refractivity contribution in [3.63, 3.8) is 0 Å². The van der Waals surface area contributed by atoms with E-state index in [0.717, 1.165) is 40.1 Å². The van der Waals surface area contributed by atoms with E-state index in [2.05, 4.69) is 5.32 Å². The molecule has 1 heterocycles. The molecule has 0 saturated heterocycles. The summed E-state index contributed by atoms with van der Waals surface area (Å²) in [7, 11) is 7.24. The monoisotopic (exact) mass is 454 g/mol. The average Bonchev–Trinajstić information content (AvgIpc) is 3.29. The maximum absolute atomic E-state index is 13.0. The van der Waals surface area contributed by atoms with Crippen molar-refractivity contribution in [2.45, 2.75) is 13.0 Å². The third-order valence-electron chi connectivity index (χ3n) is 5.06. The molecule has 1 atom stereocenters. The fourth-order valence-corrected chi connectivity index (χ4v) is 4.11. The number of carbonyl (C=O) groups excluding carboxylic acids is 1. The number of benzene rings is 2. The van der Waals surface area contributed by atoms with Gasteiger partial charge in [0.1, 0.15) is 17.5 Å². The minimum absolute atomic E-state index is 0.0520. The fraction of sp³-hybridized carbons (Fsp3) is 0.333. The molecule has 0 aliphatic carbocycles. The Morgan fingerprint density at radius 3 is 2.19 bits per heavy atom. The number of likely N-dealkylation sites (N-methyl/N-ethyl adjacent to an activating group) is 1. The van der Waals surface area contributed by atoms with Gasteiger partial charge in [0.05, 0.1) is 19.9 Å². The van der Waals surface area contributed by atoms with E-state index in [1.54, 1.807) is 14.2 Å². The van der Waals surface area contributed by atoms with Crippen molar-refractivity contribution in [2.75, 3.05) is 46.3 Å². The number of ether oxygens (including phenoxy) is 2. The lowest BCUT2D eigenvalue weighted by Gasteiger charge is -2.28. The number of hydrogen-bond acceptors (Lipinski definition) is 7. The van der Waals surface area contributed by atoms with E-state index in [9.17, 15) is 4.79 Å². The molecule has 0 aliphatic rings. The first-order chi connectivity index (χ1) is 15.4. The number of anilines is 2. The van der Waals surface area contributed by atoms with Gasteiger partial charge in [-0.15, -0.1) is 11.3 Å². The molecule has 3 rings (SSSR count). The van der Waals surface area contributed by atoms with Crippen LogP contribution in [0.4, 0.5) is 10.8 Å². The fourth-order valence-electron chi connectivity index (χ4n) is 3.18. The lowest BCUT2D eigenvalue weighted by Crippen LogP contribution is -2.44. The second-order valence-electron chi connectivity index (χ2n) is 7.58. The minimum atomic E-state index is -0.444. The Balaban J connectivity index is 1.89. The zero-order valence-corrected chi connectivity index (χ0v) is 20.0. The van der Waals surface area contributed by atoms with E-state index in [0.29, 0.717) is 6.54 Å². The van der Waals surface area contributed by atoms with Crippen LogP contribution in [0.2, 0.25) is 0 Å². The van der Waals surface area contributed by atoms with Gasteiger partial charge in [0.15, 0.2) is 5.13 Å². The van der Waals surface area contributed by atoms with Gasteiger partial charge in [-0.25, -0.2) is 4.98 Å². The molecule has 1 amide bonds. The van der Waals surface area contributed by atoms with Crippen LogP contribution >= 0.6 is 11.3 Å². The Labute approximate surface area is 193 Å². The van der Waals surface area contributed by atoms with Crippen LogP contribution in [-0.2, 0) is 4.79 Å². The second-order valence-corrected chi connectivity index (χ2v) is 8.42. The van der Waals surface area contributed by atoms with Gasteiger partial charge in [-0.05, 0) is 69.6 Å². The predicted octanol–water partition coefficient (Wildman–Crippen LogP) is 4.03. The first-order valence-corrected chi connectivity index (χ1v) is 11.3. The average molecular weight is 455 g/mol. The molecule has 7 nitrogen and oxygen atoms in total. The maximum atomic E-state index is 13.0. The number of aromatic nitrogens is 1. The summed E-state index contributed by atoms with van der Waals surface area (Å²) in [6.45, 7) is 3.26. The van der Waals surface area contributed by atoms with Gasteiger partial charge in [-0.3, -0.25) is 4.79 Å². The van der Waals surface area contributed by atoms with Crippen molar-refractivity contribution < 1.29 is 14.3 Å². The molecule has 2 aromatic carbocycles. The Kier molecular flexibility index (Phi) is 8.08. The molecule has 0 bridgehead atoms. The second kappa shape index (κ2) is 11.0. The molecule has 0 saturated carbocycles. The highest BCUT2D eigenvalue weighted by Crippen LogP contribution is 2.35. The highest BCUT2D eigenvalue weighted by Gasteiger charge is 2.26. The molecule has 0 aliphatic heterocycles. The third-order valence-corrected chi connectivity index (χ3v) is 5.90. The van der Waals surface area contributed by atoms with Gasteiger partial charge in [-0.2, -0.15) is 0 Å². The van der Waals surface area contributed by atoms with Gasteiger partial charge >= 0.3 is 0 Å². The lowest BCUT2D eigenvalue weighted by molar-refractivity contribution is -0.121. The van der Waals surface area contributed by atoms with Crippen molar-refractivity contribution >= 4 is 28.1 Å². The highest BCUT2D eigenvalue weighted by molar-refractivity contribution is 7.14.